The van der Waals surface area contributed by atoms with Gasteiger partial charge >= 0.3 is 17.9 Å². The third-order valence-electron chi connectivity index (χ3n) is 12.3. The fourth-order valence-corrected chi connectivity index (χ4v) is 8.10. The van der Waals surface area contributed by atoms with Gasteiger partial charge in [0.15, 0.2) is 6.10 Å². The number of carbonyl (C=O) groups is 3. The lowest BCUT2D eigenvalue weighted by Gasteiger charge is -2.18. The largest absolute Gasteiger partial charge is 0.462 e. The maximum absolute atomic E-state index is 12.8. The second-order valence-electron chi connectivity index (χ2n) is 18.8. The van der Waals surface area contributed by atoms with Gasteiger partial charge in [-0.2, -0.15) is 0 Å². The summed E-state index contributed by atoms with van der Waals surface area (Å²) in [5.41, 5.74) is 0. The molecule has 65 heavy (non-hydrogen) atoms. The minimum Gasteiger partial charge on any atom is -0.462 e. The summed E-state index contributed by atoms with van der Waals surface area (Å²) in [5.74, 6) is -0.887. The topological polar surface area (TPSA) is 78.9 Å². The zero-order chi connectivity index (χ0) is 47.2. The first-order valence-corrected chi connectivity index (χ1v) is 28.1. The van der Waals surface area contributed by atoms with Gasteiger partial charge in [-0.1, -0.05) is 243 Å². The Bertz CT molecular complexity index is 1140. The smallest absolute Gasteiger partial charge is 0.306 e. The average Bonchev–Trinajstić information content (AvgIpc) is 3.30. The minimum absolute atomic E-state index is 0.0786. The van der Waals surface area contributed by atoms with Gasteiger partial charge in [0, 0.05) is 19.3 Å². The zero-order valence-corrected chi connectivity index (χ0v) is 43.3. The van der Waals surface area contributed by atoms with Crippen molar-refractivity contribution in [1.29, 1.82) is 0 Å². The lowest BCUT2D eigenvalue weighted by Crippen LogP contribution is -2.30. The SMILES string of the molecule is CC/C=C\C/C=C\C/C=C\CCCCCCCC(=O)O[C@H](COC(=O)CCCCCCCCC/C=C\CCCCCC)COC(=O)CCCCCCCCCCCCCCCCCCC. The van der Waals surface area contributed by atoms with Crippen LogP contribution in [0, 0.1) is 0 Å². The van der Waals surface area contributed by atoms with Crippen LogP contribution in [-0.2, 0) is 28.6 Å². The quantitative estimate of drug-likeness (QED) is 0.0262. The molecular formula is C59H106O6. The number of esters is 3. The van der Waals surface area contributed by atoms with E-state index in [2.05, 4.69) is 69.4 Å². The molecule has 0 N–H and O–H groups in total. The Kier molecular flexibility index (Phi) is 51.8. The fourth-order valence-electron chi connectivity index (χ4n) is 8.10. The van der Waals surface area contributed by atoms with Crippen LogP contribution in [0.3, 0.4) is 0 Å². The summed E-state index contributed by atoms with van der Waals surface area (Å²) in [6.07, 6.45) is 65.2. The molecule has 0 saturated heterocycles. The molecule has 1 atom stereocenters. The molecule has 0 heterocycles. The fraction of sp³-hybridized carbons (Fsp3) is 0.814. The molecule has 378 valence electrons. The third kappa shape index (κ3) is 52.2. The number of allylic oxidation sites excluding steroid dienone is 8. The van der Waals surface area contributed by atoms with Gasteiger partial charge in [0.05, 0.1) is 0 Å². The highest BCUT2D eigenvalue weighted by Gasteiger charge is 2.19. The minimum atomic E-state index is -0.781. The van der Waals surface area contributed by atoms with Crippen molar-refractivity contribution in [3.63, 3.8) is 0 Å². The van der Waals surface area contributed by atoms with Crippen LogP contribution in [0.1, 0.15) is 290 Å². The average molecular weight is 911 g/mol. The van der Waals surface area contributed by atoms with Gasteiger partial charge < -0.3 is 14.2 Å². The van der Waals surface area contributed by atoms with E-state index in [-0.39, 0.29) is 31.1 Å². The highest BCUT2D eigenvalue weighted by Crippen LogP contribution is 2.16. The van der Waals surface area contributed by atoms with E-state index in [1.165, 1.54) is 154 Å². The van der Waals surface area contributed by atoms with Crippen molar-refractivity contribution in [2.75, 3.05) is 13.2 Å². The van der Waals surface area contributed by atoms with Crippen molar-refractivity contribution in [3.05, 3.63) is 48.6 Å². The number of hydrogen-bond acceptors (Lipinski definition) is 6. The Morgan fingerprint density at radius 2 is 0.600 bits per heavy atom. The van der Waals surface area contributed by atoms with Crippen LogP contribution < -0.4 is 0 Å². The van der Waals surface area contributed by atoms with Gasteiger partial charge in [0.2, 0.25) is 0 Å². The molecule has 0 radical (unpaired) electrons. The Morgan fingerprint density at radius 3 is 0.969 bits per heavy atom. The standard InChI is InChI=1S/C59H106O6/c1-4-7-10-13-16-19-22-25-28-29-32-34-37-40-43-46-49-52-58(61)64-55-56(65-59(62)53-50-47-44-41-38-35-31-27-24-21-18-15-12-9-6-3)54-63-57(60)51-48-45-42-39-36-33-30-26-23-20-17-14-11-8-5-2/h9,12,18,20-21,23,27,31,56H,4-8,10-11,13-17,19,22,24-26,28-30,32-55H2,1-3H3/b12-9-,21-18-,23-20-,31-27-/t56-/m1/s1. The van der Waals surface area contributed by atoms with Gasteiger partial charge in [-0.15, -0.1) is 0 Å². The van der Waals surface area contributed by atoms with E-state index in [1.807, 2.05) is 0 Å². The summed E-state index contributed by atoms with van der Waals surface area (Å²) in [7, 11) is 0. The van der Waals surface area contributed by atoms with Crippen molar-refractivity contribution in [3.8, 4) is 0 Å². The van der Waals surface area contributed by atoms with Crippen LogP contribution in [0.4, 0.5) is 0 Å². The maximum Gasteiger partial charge on any atom is 0.306 e. The van der Waals surface area contributed by atoms with Gasteiger partial charge in [0.1, 0.15) is 13.2 Å². The Hall–Kier alpha value is -2.63. The molecule has 0 fully saturated rings. The highest BCUT2D eigenvalue weighted by atomic mass is 16.6. The van der Waals surface area contributed by atoms with Crippen LogP contribution in [0.15, 0.2) is 48.6 Å². The summed E-state index contributed by atoms with van der Waals surface area (Å²) >= 11 is 0. The van der Waals surface area contributed by atoms with Gasteiger partial charge in [-0.05, 0) is 77.0 Å². The normalized spacial score (nSPS) is 12.4. The van der Waals surface area contributed by atoms with E-state index in [0.717, 1.165) is 96.3 Å². The highest BCUT2D eigenvalue weighted by molar-refractivity contribution is 5.71. The second kappa shape index (κ2) is 54.0. The number of rotatable bonds is 51. The predicted molar refractivity (Wildman–Crippen MR) is 279 cm³/mol. The Morgan fingerprint density at radius 1 is 0.323 bits per heavy atom. The molecule has 0 aromatic rings. The van der Waals surface area contributed by atoms with Crippen molar-refractivity contribution in [2.24, 2.45) is 0 Å². The number of carbonyl (C=O) groups excluding carboxylic acids is 3. The van der Waals surface area contributed by atoms with Crippen LogP contribution >= 0.6 is 0 Å². The molecule has 0 bridgehead atoms. The number of hydrogen-bond donors (Lipinski definition) is 0. The lowest BCUT2D eigenvalue weighted by atomic mass is 10.0. The van der Waals surface area contributed by atoms with Crippen molar-refractivity contribution >= 4 is 17.9 Å². The first kappa shape index (κ1) is 62.4. The van der Waals surface area contributed by atoms with Gasteiger partial charge in [-0.3, -0.25) is 14.4 Å². The molecule has 0 aliphatic carbocycles. The van der Waals surface area contributed by atoms with Gasteiger partial charge in [-0.25, -0.2) is 0 Å². The summed E-state index contributed by atoms with van der Waals surface area (Å²) < 4.78 is 16.8. The molecule has 0 aromatic heterocycles. The number of unbranched alkanes of at least 4 members (excludes halogenated alkanes) is 32. The summed E-state index contributed by atoms with van der Waals surface area (Å²) in [6, 6.07) is 0. The molecule has 6 nitrogen and oxygen atoms in total. The molecule has 0 saturated carbocycles. The van der Waals surface area contributed by atoms with E-state index in [9.17, 15) is 14.4 Å². The molecule has 0 aliphatic rings. The van der Waals surface area contributed by atoms with Crippen LogP contribution in [-0.4, -0.2) is 37.2 Å². The molecule has 0 amide bonds. The summed E-state index contributed by atoms with van der Waals surface area (Å²) in [6.45, 7) is 6.53. The lowest BCUT2D eigenvalue weighted by molar-refractivity contribution is -0.167. The molecular weight excluding hydrogens is 805 g/mol. The van der Waals surface area contributed by atoms with E-state index < -0.39 is 6.10 Å². The zero-order valence-electron chi connectivity index (χ0n) is 43.3. The van der Waals surface area contributed by atoms with Crippen molar-refractivity contribution < 1.29 is 28.6 Å². The molecule has 0 rings (SSSR count). The van der Waals surface area contributed by atoms with Crippen molar-refractivity contribution in [1.82, 2.24) is 0 Å². The molecule has 0 spiro atoms. The maximum atomic E-state index is 12.8. The summed E-state index contributed by atoms with van der Waals surface area (Å²) in [5, 5.41) is 0. The van der Waals surface area contributed by atoms with E-state index >= 15 is 0 Å². The van der Waals surface area contributed by atoms with E-state index in [1.54, 1.807) is 0 Å². The summed E-state index contributed by atoms with van der Waals surface area (Å²) in [4.78, 5) is 38.1. The molecule has 0 unspecified atom stereocenters. The van der Waals surface area contributed by atoms with Gasteiger partial charge in [0.25, 0.3) is 0 Å². The van der Waals surface area contributed by atoms with Crippen LogP contribution in [0.5, 0.6) is 0 Å². The third-order valence-corrected chi connectivity index (χ3v) is 12.3. The second-order valence-corrected chi connectivity index (χ2v) is 18.8. The molecule has 6 heteroatoms. The first-order valence-electron chi connectivity index (χ1n) is 28.1. The monoisotopic (exact) mass is 911 g/mol. The molecule has 0 aromatic carbocycles. The van der Waals surface area contributed by atoms with E-state index in [0.29, 0.717) is 19.3 Å². The Balaban J connectivity index is 4.37. The first-order chi connectivity index (χ1) is 32.0. The van der Waals surface area contributed by atoms with Crippen LogP contribution in [0.25, 0.3) is 0 Å². The van der Waals surface area contributed by atoms with Crippen molar-refractivity contribution in [2.45, 2.75) is 297 Å². The predicted octanol–water partition coefficient (Wildman–Crippen LogP) is 18.7. The molecule has 0 aliphatic heterocycles. The number of ether oxygens (including phenoxy) is 3. The van der Waals surface area contributed by atoms with Crippen LogP contribution in [0.2, 0.25) is 0 Å². The Labute approximate surface area is 403 Å². The van der Waals surface area contributed by atoms with E-state index in [4.69, 9.17) is 14.2 Å².